The third kappa shape index (κ3) is 5.49. The van der Waals surface area contributed by atoms with E-state index in [0.29, 0.717) is 16.4 Å². The molecule has 220 valence electrons. The minimum Gasteiger partial charge on any atom is -0.293 e. The van der Waals surface area contributed by atoms with Crippen LogP contribution in [0.2, 0.25) is 5.02 Å². The average Bonchev–Trinajstić information content (AvgIpc) is 3.64. The molecule has 13 heteroatoms. The van der Waals surface area contributed by atoms with Gasteiger partial charge in [0.1, 0.15) is 12.7 Å². The molecule has 0 radical (unpaired) electrons. The highest BCUT2D eigenvalue weighted by molar-refractivity contribution is 7.85. The van der Waals surface area contributed by atoms with Crippen molar-refractivity contribution in [3.05, 3.63) is 125 Å². The first-order valence-corrected chi connectivity index (χ1v) is 15.0. The SMILES string of the molecule is Cc1ccc(S(=O)(=O)O)cc1.Cn1c(=O)n(-c2ccc(-n3cncn3)c(Cl)c2)c2c3cc(-c4cccnc4)ccc3ncc21. The van der Waals surface area contributed by atoms with Gasteiger partial charge in [0.2, 0.25) is 0 Å². The van der Waals surface area contributed by atoms with Crippen LogP contribution in [0.4, 0.5) is 0 Å². The van der Waals surface area contributed by atoms with E-state index in [9.17, 15) is 13.2 Å². The second-order valence-corrected chi connectivity index (χ2v) is 11.7. The Labute approximate surface area is 256 Å². The third-order valence-corrected chi connectivity index (χ3v) is 8.22. The van der Waals surface area contributed by atoms with Gasteiger partial charge in [-0.2, -0.15) is 13.5 Å². The Morgan fingerprint density at radius 1 is 0.909 bits per heavy atom. The van der Waals surface area contributed by atoms with Gasteiger partial charge in [-0.15, -0.1) is 0 Å². The summed E-state index contributed by atoms with van der Waals surface area (Å²) in [5, 5.41) is 5.45. The molecule has 0 atom stereocenters. The van der Waals surface area contributed by atoms with Crippen molar-refractivity contribution in [3.8, 4) is 22.5 Å². The van der Waals surface area contributed by atoms with Crippen LogP contribution in [0.15, 0.2) is 114 Å². The Hall–Kier alpha value is -5.17. The third-order valence-electron chi connectivity index (χ3n) is 7.05. The normalized spacial score (nSPS) is 11.5. The number of pyridine rings is 2. The molecule has 0 fully saturated rings. The van der Waals surface area contributed by atoms with Gasteiger partial charge in [0.25, 0.3) is 10.1 Å². The Morgan fingerprint density at radius 2 is 1.70 bits per heavy atom. The van der Waals surface area contributed by atoms with E-state index < -0.39 is 10.1 Å². The lowest BCUT2D eigenvalue weighted by Crippen LogP contribution is -2.20. The maximum atomic E-state index is 13.3. The van der Waals surface area contributed by atoms with Crippen LogP contribution in [0.25, 0.3) is 44.4 Å². The lowest BCUT2D eigenvalue weighted by atomic mass is 10.0. The highest BCUT2D eigenvalue weighted by Gasteiger charge is 2.18. The monoisotopic (exact) mass is 625 g/mol. The Bertz CT molecular complexity index is 2300. The van der Waals surface area contributed by atoms with Gasteiger partial charge in [0.05, 0.1) is 44.0 Å². The fourth-order valence-corrected chi connectivity index (χ4v) is 5.55. The second kappa shape index (κ2) is 11.5. The molecule has 11 nitrogen and oxygen atoms in total. The van der Waals surface area contributed by atoms with Crippen molar-refractivity contribution >= 4 is 43.7 Å². The van der Waals surface area contributed by atoms with Crippen molar-refractivity contribution in [2.75, 3.05) is 0 Å². The van der Waals surface area contributed by atoms with Gasteiger partial charge >= 0.3 is 5.69 Å². The van der Waals surface area contributed by atoms with Crippen molar-refractivity contribution in [3.63, 3.8) is 0 Å². The Kier molecular flexibility index (Phi) is 7.55. The molecule has 0 aliphatic carbocycles. The standard InChI is InChI=1S/C24H16ClN7O.C7H8O3S/c1-30-22-12-28-20-6-4-15(16-3-2-8-26-11-16)9-18(20)23(22)32(24(30)33)17-5-7-21(19(25)10-17)31-14-27-13-29-31;1-6-2-4-7(5-3-6)11(8,9)10/h2-14H,1H3;2-5H,1H3,(H,8,9,10). The molecular weight excluding hydrogens is 602 g/mol. The number of imidazole rings is 1. The zero-order valence-corrected chi connectivity index (χ0v) is 25.0. The summed E-state index contributed by atoms with van der Waals surface area (Å²) >= 11 is 6.57. The maximum Gasteiger partial charge on any atom is 0.333 e. The van der Waals surface area contributed by atoms with Crippen LogP contribution in [0, 0.1) is 6.92 Å². The minimum atomic E-state index is -4.02. The van der Waals surface area contributed by atoms with E-state index in [0.717, 1.165) is 38.6 Å². The molecule has 0 unspecified atom stereocenters. The predicted octanol–water partition coefficient (Wildman–Crippen LogP) is 5.42. The Morgan fingerprint density at radius 3 is 2.36 bits per heavy atom. The summed E-state index contributed by atoms with van der Waals surface area (Å²) in [6.45, 7) is 1.84. The molecule has 44 heavy (non-hydrogen) atoms. The molecule has 4 aromatic heterocycles. The van der Waals surface area contributed by atoms with Crippen LogP contribution in [-0.2, 0) is 17.2 Å². The number of benzene rings is 3. The van der Waals surface area contributed by atoms with Crippen LogP contribution in [0.1, 0.15) is 5.56 Å². The number of aromatic nitrogens is 7. The molecule has 0 bridgehead atoms. The summed E-state index contributed by atoms with van der Waals surface area (Å²) in [6.07, 6.45) is 8.30. The first-order valence-electron chi connectivity index (χ1n) is 13.2. The van der Waals surface area contributed by atoms with Crippen molar-refractivity contribution < 1.29 is 13.0 Å². The van der Waals surface area contributed by atoms with E-state index in [-0.39, 0.29) is 10.6 Å². The van der Waals surface area contributed by atoms with Crippen molar-refractivity contribution in [2.24, 2.45) is 7.05 Å². The van der Waals surface area contributed by atoms with Gasteiger partial charge in [-0.1, -0.05) is 41.4 Å². The number of halogens is 1. The van der Waals surface area contributed by atoms with E-state index >= 15 is 0 Å². The van der Waals surface area contributed by atoms with E-state index in [4.69, 9.17) is 16.2 Å². The first kappa shape index (κ1) is 28.9. The van der Waals surface area contributed by atoms with Crippen LogP contribution in [0.3, 0.4) is 0 Å². The highest BCUT2D eigenvalue weighted by atomic mass is 35.5. The lowest BCUT2D eigenvalue weighted by molar-refractivity contribution is 0.483. The quantitative estimate of drug-likeness (QED) is 0.256. The molecule has 1 N–H and O–H groups in total. The number of fused-ring (bicyclic) bond motifs is 3. The number of hydrogen-bond donors (Lipinski definition) is 1. The molecule has 0 spiro atoms. The molecule has 0 saturated carbocycles. The number of rotatable bonds is 4. The van der Waals surface area contributed by atoms with Crippen molar-refractivity contribution in [2.45, 2.75) is 11.8 Å². The fraction of sp³-hybridized carbons (Fsp3) is 0.0645. The summed E-state index contributed by atoms with van der Waals surface area (Å²) in [5.41, 5.74) is 6.37. The topological polar surface area (TPSA) is 138 Å². The maximum absolute atomic E-state index is 13.3. The molecule has 7 rings (SSSR count). The molecule has 0 saturated heterocycles. The van der Waals surface area contributed by atoms with Crippen LogP contribution in [0.5, 0.6) is 0 Å². The van der Waals surface area contributed by atoms with E-state index in [2.05, 4.69) is 20.1 Å². The molecule has 3 aromatic carbocycles. The van der Waals surface area contributed by atoms with Crippen LogP contribution >= 0.6 is 11.6 Å². The molecule has 0 aliphatic rings. The van der Waals surface area contributed by atoms with E-state index in [1.165, 1.54) is 18.5 Å². The first-order chi connectivity index (χ1) is 21.1. The molecular formula is C31H24ClN7O4S. The Balaban J connectivity index is 0.000000265. The zero-order chi connectivity index (χ0) is 31.0. The smallest absolute Gasteiger partial charge is 0.293 e. The van der Waals surface area contributed by atoms with Crippen molar-refractivity contribution in [1.29, 1.82) is 0 Å². The summed E-state index contributed by atoms with van der Waals surface area (Å²) in [5.74, 6) is 0. The van der Waals surface area contributed by atoms with Crippen molar-refractivity contribution in [1.82, 2.24) is 33.9 Å². The van der Waals surface area contributed by atoms with E-state index in [1.807, 2.05) is 55.6 Å². The molecule has 7 aromatic rings. The average molecular weight is 626 g/mol. The summed E-state index contributed by atoms with van der Waals surface area (Å²) in [7, 11) is -2.28. The van der Waals surface area contributed by atoms with Gasteiger partial charge in [-0.3, -0.25) is 23.7 Å². The number of hydrogen-bond acceptors (Lipinski definition) is 7. The molecule has 0 aliphatic heterocycles. The van der Waals surface area contributed by atoms with Gasteiger partial charge in [-0.05, 0) is 61.0 Å². The predicted molar refractivity (Wildman–Crippen MR) is 168 cm³/mol. The number of nitrogens with zero attached hydrogens (tertiary/aromatic N) is 7. The largest absolute Gasteiger partial charge is 0.333 e. The summed E-state index contributed by atoms with van der Waals surface area (Å²) in [6, 6.07) is 21.3. The summed E-state index contributed by atoms with van der Waals surface area (Å²) in [4.78, 5) is 26.0. The van der Waals surface area contributed by atoms with Crippen LogP contribution < -0.4 is 5.69 Å². The van der Waals surface area contributed by atoms with Gasteiger partial charge < -0.3 is 0 Å². The second-order valence-electron chi connectivity index (χ2n) is 9.91. The fourth-order valence-electron chi connectivity index (χ4n) is 4.81. The van der Waals surface area contributed by atoms with E-state index in [1.54, 1.807) is 57.8 Å². The van der Waals surface area contributed by atoms with Gasteiger partial charge in [0.15, 0.2) is 0 Å². The summed E-state index contributed by atoms with van der Waals surface area (Å²) < 4.78 is 34.4. The zero-order valence-electron chi connectivity index (χ0n) is 23.4. The lowest BCUT2D eigenvalue weighted by Gasteiger charge is -2.10. The molecule has 0 amide bonds. The minimum absolute atomic E-state index is 0.0666. The highest BCUT2D eigenvalue weighted by Crippen LogP contribution is 2.31. The molecule has 4 heterocycles. The van der Waals surface area contributed by atoms with Gasteiger partial charge in [-0.25, -0.2) is 14.5 Å². The van der Waals surface area contributed by atoms with Crippen LogP contribution in [-0.4, -0.2) is 46.8 Å². The van der Waals surface area contributed by atoms with Gasteiger partial charge in [0, 0.05) is 30.4 Å². The number of aryl methyl sites for hydroxylation is 2.